The second kappa shape index (κ2) is 9.23. The van der Waals surface area contributed by atoms with Gasteiger partial charge in [0.25, 0.3) is 0 Å². The first-order chi connectivity index (χ1) is 12.0. The number of aliphatic imine (C=N–C) groups is 1. The van der Waals surface area contributed by atoms with E-state index in [1.165, 1.54) is 0 Å². The maximum atomic E-state index is 6.10. The van der Waals surface area contributed by atoms with Crippen LogP contribution in [-0.4, -0.2) is 31.0 Å². The molecule has 0 aromatic heterocycles. The van der Waals surface area contributed by atoms with E-state index in [-0.39, 0.29) is 0 Å². The van der Waals surface area contributed by atoms with Gasteiger partial charge >= 0.3 is 0 Å². The van der Waals surface area contributed by atoms with E-state index >= 15 is 0 Å². The van der Waals surface area contributed by atoms with Gasteiger partial charge in [-0.15, -0.1) is 0 Å². The van der Waals surface area contributed by atoms with E-state index in [0.717, 1.165) is 34.5 Å². The zero-order valence-corrected chi connectivity index (χ0v) is 15.9. The van der Waals surface area contributed by atoms with Crippen molar-refractivity contribution in [3.05, 3.63) is 63.7 Å². The lowest BCUT2D eigenvalue weighted by atomic mass is 10.0. The summed E-state index contributed by atoms with van der Waals surface area (Å²) < 4.78 is 0. The number of hydrogen-bond acceptors (Lipinski definition) is 3. The van der Waals surface area contributed by atoms with Gasteiger partial charge in [0.1, 0.15) is 6.61 Å². The van der Waals surface area contributed by atoms with E-state index in [4.69, 9.17) is 16.4 Å². The number of benzene rings is 2. The van der Waals surface area contributed by atoms with Crippen LogP contribution in [0.2, 0.25) is 5.02 Å². The van der Waals surface area contributed by atoms with Crippen molar-refractivity contribution in [2.45, 2.75) is 27.4 Å². The quantitative estimate of drug-likeness (QED) is 0.392. The highest BCUT2D eigenvalue weighted by Crippen LogP contribution is 2.22. The molecule has 25 heavy (non-hydrogen) atoms. The monoisotopic (exact) mass is 357 g/mol. The molecular weight excluding hydrogens is 334 g/mol. The van der Waals surface area contributed by atoms with Gasteiger partial charge in [-0.25, -0.2) is 4.99 Å². The minimum absolute atomic E-state index is 0.347. The molecule has 0 saturated heterocycles. The highest BCUT2D eigenvalue weighted by molar-refractivity contribution is 6.31. The molecule has 0 radical (unpaired) electrons. The summed E-state index contributed by atoms with van der Waals surface area (Å²) in [4.78, 5) is 11.9. The van der Waals surface area contributed by atoms with Crippen LogP contribution in [0.15, 0.2) is 46.5 Å². The van der Waals surface area contributed by atoms with Crippen molar-refractivity contribution >= 4 is 29.8 Å². The summed E-state index contributed by atoms with van der Waals surface area (Å²) in [6.07, 6.45) is 3.58. The van der Waals surface area contributed by atoms with Crippen LogP contribution >= 0.6 is 11.6 Å². The first-order valence-corrected chi connectivity index (χ1v) is 8.63. The minimum atomic E-state index is 0.347. The summed E-state index contributed by atoms with van der Waals surface area (Å²) in [6, 6.07) is 11.7. The van der Waals surface area contributed by atoms with Crippen LogP contribution in [0.3, 0.4) is 0 Å². The third kappa shape index (κ3) is 5.61. The van der Waals surface area contributed by atoms with Crippen molar-refractivity contribution in [2.75, 3.05) is 13.6 Å². The van der Waals surface area contributed by atoms with Crippen LogP contribution in [0.1, 0.15) is 29.2 Å². The predicted octanol–water partition coefficient (Wildman–Crippen LogP) is 5.12. The molecule has 0 fully saturated rings. The Kier molecular flexibility index (Phi) is 7.02. The third-order valence-corrected chi connectivity index (χ3v) is 4.29. The maximum Gasteiger partial charge on any atom is 0.143 e. The van der Waals surface area contributed by atoms with Crippen molar-refractivity contribution < 1.29 is 4.84 Å². The molecule has 2 rings (SSSR count). The van der Waals surface area contributed by atoms with Gasteiger partial charge < -0.3 is 9.74 Å². The number of rotatable bonds is 7. The van der Waals surface area contributed by atoms with Gasteiger partial charge in [-0.05, 0) is 55.7 Å². The van der Waals surface area contributed by atoms with Crippen LogP contribution in [0.25, 0.3) is 0 Å². The Balaban J connectivity index is 2.03. The molecule has 0 unspecified atom stereocenters. The van der Waals surface area contributed by atoms with Gasteiger partial charge in [0, 0.05) is 24.2 Å². The fourth-order valence-corrected chi connectivity index (χ4v) is 2.35. The van der Waals surface area contributed by atoms with E-state index in [1.807, 2.05) is 56.4 Å². The van der Waals surface area contributed by atoms with Crippen LogP contribution < -0.4 is 0 Å². The Morgan fingerprint density at radius 2 is 1.92 bits per heavy atom. The van der Waals surface area contributed by atoms with Gasteiger partial charge in [-0.1, -0.05) is 35.0 Å². The summed E-state index contributed by atoms with van der Waals surface area (Å²) in [5.41, 5.74) is 5.09. The molecule has 0 aliphatic carbocycles. The van der Waals surface area contributed by atoms with E-state index in [2.05, 4.69) is 29.2 Å². The van der Waals surface area contributed by atoms with E-state index in [9.17, 15) is 0 Å². The van der Waals surface area contributed by atoms with Crippen molar-refractivity contribution in [3.8, 4) is 0 Å². The van der Waals surface area contributed by atoms with Crippen LogP contribution in [0, 0.1) is 13.8 Å². The number of hydrogen-bond donors (Lipinski definition) is 0. The molecule has 132 valence electrons. The molecule has 4 nitrogen and oxygen atoms in total. The fourth-order valence-electron chi connectivity index (χ4n) is 2.16. The maximum absolute atomic E-state index is 6.10. The van der Waals surface area contributed by atoms with Gasteiger partial charge in [-0.3, -0.25) is 0 Å². The Morgan fingerprint density at radius 3 is 2.64 bits per heavy atom. The van der Waals surface area contributed by atoms with Crippen molar-refractivity contribution in [3.63, 3.8) is 0 Å². The Hall–Kier alpha value is -2.33. The first-order valence-electron chi connectivity index (χ1n) is 8.25. The minimum Gasteiger partial charge on any atom is -0.391 e. The Morgan fingerprint density at radius 1 is 1.16 bits per heavy atom. The summed E-state index contributed by atoms with van der Waals surface area (Å²) in [7, 11) is 2.00. The highest BCUT2D eigenvalue weighted by Gasteiger charge is 2.03. The molecule has 0 spiro atoms. The van der Waals surface area contributed by atoms with Crippen LogP contribution in [-0.2, 0) is 11.4 Å². The standard InChI is InChI=1S/C20H24ClN3O/c1-5-24(4)14-22-20-11-15(2)18(10-16(20)3)12-23-25-13-17-8-6-7-9-19(17)21/h6-12,14H,5,13H2,1-4H3. The lowest BCUT2D eigenvalue weighted by Crippen LogP contribution is -2.14. The molecule has 0 amide bonds. The number of oxime groups is 1. The smallest absolute Gasteiger partial charge is 0.143 e. The van der Waals surface area contributed by atoms with Crippen molar-refractivity contribution in [2.24, 2.45) is 10.1 Å². The summed E-state index contributed by atoms with van der Waals surface area (Å²) in [5, 5.41) is 4.75. The second-order valence-electron chi connectivity index (χ2n) is 5.91. The molecule has 0 N–H and O–H groups in total. The highest BCUT2D eigenvalue weighted by atomic mass is 35.5. The summed E-state index contributed by atoms with van der Waals surface area (Å²) >= 11 is 6.10. The van der Waals surface area contributed by atoms with Crippen LogP contribution in [0.4, 0.5) is 5.69 Å². The lowest BCUT2D eigenvalue weighted by molar-refractivity contribution is 0.132. The predicted molar refractivity (Wildman–Crippen MR) is 106 cm³/mol. The SMILES string of the molecule is CCN(C)C=Nc1cc(C)c(C=NOCc2ccccc2Cl)cc1C. The van der Waals surface area contributed by atoms with E-state index < -0.39 is 0 Å². The molecule has 2 aromatic carbocycles. The molecule has 0 bridgehead atoms. The largest absolute Gasteiger partial charge is 0.391 e. The molecule has 0 saturated carbocycles. The number of nitrogens with zero attached hydrogens (tertiary/aromatic N) is 3. The zero-order valence-electron chi connectivity index (χ0n) is 15.2. The normalized spacial score (nSPS) is 11.4. The Bertz CT molecular complexity index is 772. The molecule has 5 heteroatoms. The molecular formula is C20H24ClN3O. The van der Waals surface area contributed by atoms with Gasteiger partial charge in [0.05, 0.1) is 18.2 Å². The van der Waals surface area contributed by atoms with Gasteiger partial charge in [0.2, 0.25) is 0 Å². The van der Waals surface area contributed by atoms with E-state index in [1.54, 1.807) is 6.21 Å². The molecule has 0 aliphatic rings. The third-order valence-electron chi connectivity index (χ3n) is 3.92. The van der Waals surface area contributed by atoms with Crippen LogP contribution in [0.5, 0.6) is 0 Å². The second-order valence-corrected chi connectivity index (χ2v) is 6.32. The average molecular weight is 358 g/mol. The first kappa shape index (κ1) is 19.0. The summed E-state index contributed by atoms with van der Waals surface area (Å²) in [6.45, 7) is 7.44. The van der Waals surface area contributed by atoms with Gasteiger partial charge in [-0.2, -0.15) is 0 Å². The summed E-state index contributed by atoms with van der Waals surface area (Å²) in [5.74, 6) is 0. The van der Waals surface area contributed by atoms with Gasteiger partial charge in [0.15, 0.2) is 0 Å². The molecule has 0 aliphatic heterocycles. The molecule has 2 aromatic rings. The average Bonchev–Trinajstić information content (AvgIpc) is 2.61. The molecule has 0 atom stereocenters. The number of halogens is 1. The lowest BCUT2D eigenvalue weighted by Gasteiger charge is -2.10. The topological polar surface area (TPSA) is 37.2 Å². The zero-order chi connectivity index (χ0) is 18.2. The number of aryl methyl sites for hydroxylation is 2. The van der Waals surface area contributed by atoms with E-state index in [0.29, 0.717) is 11.6 Å². The van der Waals surface area contributed by atoms with Crippen molar-refractivity contribution in [1.82, 2.24) is 4.90 Å². The molecule has 0 heterocycles. The fraction of sp³-hybridized carbons (Fsp3) is 0.300. The Labute approximate surface area is 154 Å². The van der Waals surface area contributed by atoms with Crippen molar-refractivity contribution in [1.29, 1.82) is 0 Å².